The van der Waals surface area contributed by atoms with Gasteiger partial charge in [-0.1, -0.05) is 155 Å². The molecule has 2 saturated carbocycles. The van der Waals surface area contributed by atoms with Gasteiger partial charge in [-0.05, 0) is 31.1 Å². The molecule has 4 N–H and O–H groups in total. The lowest BCUT2D eigenvalue weighted by atomic mass is 9.78. The highest BCUT2D eigenvalue weighted by atomic mass is 16.1. The SMILES string of the molecule is C1CCC(CC2CCCCC2)CC1.CCCCCCCCCC(N)=O.CCCCCCCCCC(N)=O. The topological polar surface area (TPSA) is 86.2 Å². The lowest BCUT2D eigenvalue weighted by Crippen LogP contribution is -2.14. The lowest BCUT2D eigenvalue weighted by molar-refractivity contribution is -0.119. The van der Waals surface area contributed by atoms with E-state index in [-0.39, 0.29) is 11.8 Å². The van der Waals surface area contributed by atoms with E-state index in [0.29, 0.717) is 12.8 Å². The van der Waals surface area contributed by atoms with Crippen LogP contribution in [0.4, 0.5) is 0 Å². The summed E-state index contributed by atoms with van der Waals surface area (Å²) in [6.07, 6.45) is 35.4. The van der Waals surface area contributed by atoms with Gasteiger partial charge in [0.2, 0.25) is 11.8 Å². The molecule has 0 aromatic heterocycles. The molecule has 0 heterocycles. The van der Waals surface area contributed by atoms with Crippen LogP contribution in [0.15, 0.2) is 0 Å². The maximum Gasteiger partial charge on any atom is 0.217 e. The molecule has 2 fully saturated rings. The van der Waals surface area contributed by atoms with Crippen LogP contribution in [0, 0.1) is 11.8 Å². The van der Waals surface area contributed by atoms with Crippen molar-refractivity contribution in [3.05, 3.63) is 0 Å². The summed E-state index contributed by atoms with van der Waals surface area (Å²) in [5, 5.41) is 0. The summed E-state index contributed by atoms with van der Waals surface area (Å²) in [6.45, 7) is 4.43. The van der Waals surface area contributed by atoms with Crippen molar-refractivity contribution < 1.29 is 9.59 Å². The summed E-state index contributed by atoms with van der Waals surface area (Å²) < 4.78 is 0. The van der Waals surface area contributed by atoms with Crippen LogP contribution in [0.5, 0.6) is 0 Å². The van der Waals surface area contributed by atoms with Crippen molar-refractivity contribution in [1.29, 1.82) is 0 Å². The molecule has 2 aliphatic rings. The van der Waals surface area contributed by atoms with E-state index in [1.54, 1.807) is 32.1 Å². The zero-order chi connectivity index (χ0) is 27.4. The van der Waals surface area contributed by atoms with E-state index in [9.17, 15) is 9.59 Å². The number of rotatable bonds is 18. The first-order valence-corrected chi connectivity index (χ1v) is 16.6. The average Bonchev–Trinajstić information content (AvgIpc) is 2.89. The quantitative estimate of drug-likeness (QED) is 0.175. The maximum absolute atomic E-state index is 10.4. The molecule has 0 aromatic rings. The molecule has 0 atom stereocenters. The predicted molar refractivity (Wildman–Crippen MR) is 161 cm³/mol. The number of carbonyl (C=O) groups excluding carboxylic acids is 2. The zero-order valence-electron chi connectivity index (χ0n) is 25.2. The molecule has 0 radical (unpaired) electrons. The number of hydrogen-bond acceptors (Lipinski definition) is 2. The molecule has 0 unspecified atom stereocenters. The first-order chi connectivity index (χ1) is 18.0. The molecule has 2 rings (SSSR count). The van der Waals surface area contributed by atoms with Gasteiger partial charge in [-0.15, -0.1) is 0 Å². The molecule has 0 aliphatic heterocycles. The Balaban J connectivity index is 0.000000527. The highest BCUT2D eigenvalue weighted by Crippen LogP contribution is 2.34. The van der Waals surface area contributed by atoms with E-state index in [0.717, 1.165) is 37.5 Å². The minimum atomic E-state index is -0.163. The molecular formula is C33H66N2O2. The van der Waals surface area contributed by atoms with E-state index < -0.39 is 0 Å². The van der Waals surface area contributed by atoms with Crippen LogP contribution in [0.1, 0.15) is 187 Å². The Morgan fingerprint density at radius 2 is 0.784 bits per heavy atom. The summed E-state index contributed by atoms with van der Waals surface area (Å²) in [7, 11) is 0. The zero-order valence-corrected chi connectivity index (χ0v) is 25.2. The molecule has 0 saturated heterocycles. The van der Waals surface area contributed by atoms with Crippen LogP contribution in [0.25, 0.3) is 0 Å². The van der Waals surface area contributed by atoms with Gasteiger partial charge in [0.15, 0.2) is 0 Å². The van der Waals surface area contributed by atoms with Crippen molar-refractivity contribution >= 4 is 11.8 Å². The van der Waals surface area contributed by atoms with Gasteiger partial charge >= 0.3 is 0 Å². The van der Waals surface area contributed by atoms with Gasteiger partial charge in [0.05, 0.1) is 0 Å². The normalized spacial score (nSPS) is 16.3. The van der Waals surface area contributed by atoms with E-state index >= 15 is 0 Å². The van der Waals surface area contributed by atoms with E-state index in [4.69, 9.17) is 11.5 Å². The molecule has 2 amide bonds. The molecule has 0 bridgehead atoms. The van der Waals surface area contributed by atoms with Crippen molar-refractivity contribution in [1.82, 2.24) is 0 Å². The predicted octanol–water partition coefficient (Wildman–Crippen LogP) is 9.76. The molecular weight excluding hydrogens is 456 g/mol. The van der Waals surface area contributed by atoms with Crippen molar-refractivity contribution in [2.45, 2.75) is 187 Å². The fourth-order valence-corrected chi connectivity index (χ4v) is 5.83. The third-order valence-electron chi connectivity index (χ3n) is 8.17. The Labute approximate surface area is 231 Å². The Kier molecular flexibility index (Phi) is 27.2. The highest BCUT2D eigenvalue weighted by Gasteiger charge is 2.20. The van der Waals surface area contributed by atoms with Crippen molar-refractivity contribution in [3.63, 3.8) is 0 Å². The molecule has 4 heteroatoms. The Morgan fingerprint density at radius 3 is 1.08 bits per heavy atom. The first kappa shape index (κ1) is 35.9. The molecule has 37 heavy (non-hydrogen) atoms. The molecule has 0 spiro atoms. The summed E-state index contributed by atoms with van der Waals surface area (Å²) in [5.41, 5.74) is 10.0. The van der Waals surface area contributed by atoms with Gasteiger partial charge in [0.25, 0.3) is 0 Å². The maximum atomic E-state index is 10.4. The smallest absolute Gasteiger partial charge is 0.217 e. The van der Waals surface area contributed by atoms with Crippen molar-refractivity contribution in [2.75, 3.05) is 0 Å². The molecule has 220 valence electrons. The fraction of sp³-hybridized carbons (Fsp3) is 0.939. The molecule has 2 aliphatic carbocycles. The van der Waals surface area contributed by atoms with Crippen LogP contribution in [-0.2, 0) is 9.59 Å². The number of amides is 2. The summed E-state index contributed by atoms with van der Waals surface area (Å²) in [6, 6.07) is 0. The Bertz CT molecular complexity index is 453. The van der Waals surface area contributed by atoms with Crippen LogP contribution in [-0.4, -0.2) is 11.8 Å². The Morgan fingerprint density at radius 1 is 0.486 bits per heavy atom. The lowest BCUT2D eigenvalue weighted by Gasteiger charge is -2.28. The van der Waals surface area contributed by atoms with Crippen LogP contribution < -0.4 is 11.5 Å². The fourth-order valence-electron chi connectivity index (χ4n) is 5.83. The van der Waals surface area contributed by atoms with Crippen molar-refractivity contribution in [2.24, 2.45) is 23.3 Å². The second-order valence-corrected chi connectivity index (χ2v) is 11.9. The van der Waals surface area contributed by atoms with Gasteiger partial charge in [-0.25, -0.2) is 0 Å². The van der Waals surface area contributed by atoms with Crippen LogP contribution in [0.2, 0.25) is 0 Å². The van der Waals surface area contributed by atoms with E-state index in [1.165, 1.54) is 103 Å². The van der Waals surface area contributed by atoms with E-state index in [1.807, 2.05) is 0 Å². The van der Waals surface area contributed by atoms with Crippen LogP contribution in [0.3, 0.4) is 0 Å². The van der Waals surface area contributed by atoms with Gasteiger partial charge in [-0.2, -0.15) is 0 Å². The second-order valence-electron chi connectivity index (χ2n) is 11.9. The average molecular weight is 523 g/mol. The summed E-state index contributed by atoms with van der Waals surface area (Å²) in [5.74, 6) is 1.92. The largest absolute Gasteiger partial charge is 0.370 e. The Hall–Kier alpha value is -1.06. The summed E-state index contributed by atoms with van der Waals surface area (Å²) >= 11 is 0. The van der Waals surface area contributed by atoms with Gasteiger partial charge in [0.1, 0.15) is 0 Å². The number of primary amides is 2. The van der Waals surface area contributed by atoms with Crippen LogP contribution >= 0.6 is 0 Å². The minimum absolute atomic E-state index is 0.163. The van der Waals surface area contributed by atoms with Gasteiger partial charge in [0, 0.05) is 12.8 Å². The summed E-state index contributed by atoms with van der Waals surface area (Å²) in [4.78, 5) is 20.7. The van der Waals surface area contributed by atoms with E-state index in [2.05, 4.69) is 13.8 Å². The van der Waals surface area contributed by atoms with Gasteiger partial charge < -0.3 is 11.5 Å². The molecule has 0 aromatic carbocycles. The van der Waals surface area contributed by atoms with Crippen molar-refractivity contribution in [3.8, 4) is 0 Å². The third-order valence-corrected chi connectivity index (χ3v) is 8.17. The highest BCUT2D eigenvalue weighted by molar-refractivity contribution is 5.73. The van der Waals surface area contributed by atoms with Gasteiger partial charge in [-0.3, -0.25) is 9.59 Å². The number of hydrogen-bond donors (Lipinski definition) is 2. The third kappa shape index (κ3) is 27.8. The second kappa shape index (κ2) is 28.0. The molecule has 4 nitrogen and oxygen atoms in total. The number of unbranched alkanes of at least 4 members (excludes halogenated alkanes) is 12. The number of nitrogens with two attached hydrogens (primary N) is 2. The first-order valence-electron chi connectivity index (χ1n) is 16.6. The monoisotopic (exact) mass is 523 g/mol. The standard InChI is InChI=1S/C13H24.2C10H21NO/c1-3-7-12(8-4-1)11-13-9-5-2-6-10-13;2*1-2-3-4-5-6-7-8-9-10(11)12/h12-13H,1-11H2;2*2-9H2,1H3,(H2,11,12). The minimum Gasteiger partial charge on any atom is -0.370 e. The number of carbonyl (C=O) groups is 2.